The summed E-state index contributed by atoms with van der Waals surface area (Å²) >= 11 is 1.67. The SMILES string of the molecule is CC1CCC(Nc2c(-c3cccs3)nc3c(C#N)c[nH]n23)CC1. The number of fused-ring (bicyclic) bond motifs is 1. The van der Waals surface area contributed by atoms with E-state index in [1.165, 1.54) is 25.7 Å². The highest BCUT2D eigenvalue weighted by atomic mass is 32.1. The Labute approximate surface area is 139 Å². The highest BCUT2D eigenvalue weighted by molar-refractivity contribution is 7.13. The molecule has 0 atom stereocenters. The van der Waals surface area contributed by atoms with Crippen LogP contribution in [0.3, 0.4) is 0 Å². The molecule has 0 aromatic carbocycles. The lowest BCUT2D eigenvalue weighted by atomic mass is 9.87. The normalized spacial score (nSPS) is 21.4. The first-order chi connectivity index (χ1) is 11.3. The number of aromatic nitrogens is 3. The van der Waals surface area contributed by atoms with Gasteiger partial charge in [-0.05, 0) is 43.0 Å². The van der Waals surface area contributed by atoms with E-state index < -0.39 is 0 Å². The standard InChI is InChI=1S/C17H19N5S/c1-11-4-6-13(7-5-11)20-17-15(14-3-2-8-23-14)21-16-12(9-18)10-19-22(16)17/h2-3,8,10-11,13,19-20H,4-7H2,1H3. The fourth-order valence-electron chi connectivity index (χ4n) is 3.32. The van der Waals surface area contributed by atoms with Gasteiger partial charge in [0, 0.05) is 12.2 Å². The predicted octanol–water partition coefficient (Wildman–Crippen LogP) is 4.25. The highest BCUT2D eigenvalue weighted by Gasteiger charge is 2.23. The van der Waals surface area contributed by atoms with Crippen LogP contribution in [0.1, 0.15) is 38.2 Å². The van der Waals surface area contributed by atoms with Crippen LogP contribution < -0.4 is 5.32 Å². The van der Waals surface area contributed by atoms with Crippen LogP contribution in [-0.4, -0.2) is 20.6 Å². The van der Waals surface area contributed by atoms with Gasteiger partial charge in [0.25, 0.3) is 0 Å². The molecule has 1 saturated carbocycles. The number of nitrogens with one attached hydrogen (secondary N) is 2. The number of thiophene rings is 1. The maximum absolute atomic E-state index is 9.26. The number of hydrogen-bond donors (Lipinski definition) is 2. The van der Waals surface area contributed by atoms with Crippen molar-refractivity contribution in [3.63, 3.8) is 0 Å². The van der Waals surface area contributed by atoms with Crippen molar-refractivity contribution in [2.75, 3.05) is 5.32 Å². The van der Waals surface area contributed by atoms with Crippen LogP contribution in [-0.2, 0) is 0 Å². The Morgan fingerprint density at radius 2 is 2.22 bits per heavy atom. The number of anilines is 1. The summed E-state index contributed by atoms with van der Waals surface area (Å²) in [7, 11) is 0. The molecule has 6 heteroatoms. The fraction of sp³-hybridized carbons (Fsp3) is 0.412. The van der Waals surface area contributed by atoms with Crippen molar-refractivity contribution in [1.29, 1.82) is 5.26 Å². The number of hydrogen-bond acceptors (Lipinski definition) is 4. The number of nitriles is 1. The van der Waals surface area contributed by atoms with Gasteiger partial charge in [-0.15, -0.1) is 11.3 Å². The monoisotopic (exact) mass is 325 g/mol. The fourth-order valence-corrected chi connectivity index (χ4v) is 4.03. The Kier molecular flexibility index (Phi) is 3.58. The summed E-state index contributed by atoms with van der Waals surface area (Å²) in [4.78, 5) is 5.85. The predicted molar refractivity (Wildman–Crippen MR) is 92.6 cm³/mol. The third-order valence-electron chi connectivity index (χ3n) is 4.69. The van der Waals surface area contributed by atoms with Gasteiger partial charge in [-0.3, -0.25) is 5.10 Å². The van der Waals surface area contributed by atoms with E-state index >= 15 is 0 Å². The van der Waals surface area contributed by atoms with Crippen LogP contribution >= 0.6 is 11.3 Å². The minimum absolute atomic E-state index is 0.471. The summed E-state index contributed by atoms with van der Waals surface area (Å²) in [5.41, 5.74) is 2.21. The lowest BCUT2D eigenvalue weighted by molar-refractivity contribution is 0.360. The Morgan fingerprint density at radius 1 is 1.39 bits per heavy atom. The van der Waals surface area contributed by atoms with Crippen molar-refractivity contribution in [2.24, 2.45) is 5.92 Å². The van der Waals surface area contributed by atoms with Crippen LogP contribution in [0.4, 0.5) is 5.82 Å². The Balaban J connectivity index is 1.75. The van der Waals surface area contributed by atoms with E-state index in [0.29, 0.717) is 17.3 Å². The largest absolute Gasteiger partial charge is 0.365 e. The molecule has 0 radical (unpaired) electrons. The number of nitrogens with zero attached hydrogens (tertiary/aromatic N) is 3. The first-order valence-electron chi connectivity index (χ1n) is 8.06. The van der Waals surface area contributed by atoms with Crippen molar-refractivity contribution in [3.05, 3.63) is 29.3 Å². The van der Waals surface area contributed by atoms with Crippen LogP contribution in [0.25, 0.3) is 16.2 Å². The molecule has 118 valence electrons. The van der Waals surface area contributed by atoms with Crippen molar-refractivity contribution in [3.8, 4) is 16.6 Å². The smallest absolute Gasteiger partial charge is 0.173 e. The van der Waals surface area contributed by atoms with Gasteiger partial charge >= 0.3 is 0 Å². The molecule has 0 aliphatic heterocycles. The van der Waals surface area contributed by atoms with Gasteiger partial charge in [0.15, 0.2) is 11.5 Å². The molecule has 1 aliphatic rings. The summed E-state index contributed by atoms with van der Waals surface area (Å²) in [5, 5.41) is 18.2. The van der Waals surface area contributed by atoms with E-state index in [9.17, 15) is 5.26 Å². The molecule has 5 nitrogen and oxygen atoms in total. The number of H-pyrrole nitrogens is 1. The zero-order chi connectivity index (χ0) is 15.8. The molecule has 4 rings (SSSR count). The van der Waals surface area contributed by atoms with Gasteiger partial charge in [-0.25, -0.2) is 9.50 Å². The summed E-state index contributed by atoms with van der Waals surface area (Å²) in [5.74, 6) is 1.80. The van der Waals surface area contributed by atoms with E-state index in [2.05, 4.69) is 34.9 Å². The Morgan fingerprint density at radius 3 is 2.91 bits per heavy atom. The topological polar surface area (TPSA) is 68.9 Å². The third-order valence-corrected chi connectivity index (χ3v) is 5.56. The molecule has 0 amide bonds. The van der Waals surface area contributed by atoms with Crippen LogP contribution in [0.5, 0.6) is 0 Å². The first kappa shape index (κ1) is 14.3. The maximum Gasteiger partial charge on any atom is 0.173 e. The van der Waals surface area contributed by atoms with E-state index in [1.807, 2.05) is 10.6 Å². The van der Waals surface area contributed by atoms with Crippen LogP contribution in [0.2, 0.25) is 0 Å². The number of aromatic amines is 1. The van der Waals surface area contributed by atoms with Crippen molar-refractivity contribution in [2.45, 2.75) is 38.6 Å². The molecular weight excluding hydrogens is 306 g/mol. The van der Waals surface area contributed by atoms with Crippen molar-refractivity contribution in [1.82, 2.24) is 14.6 Å². The van der Waals surface area contributed by atoms with Gasteiger partial charge in [-0.1, -0.05) is 13.0 Å². The highest BCUT2D eigenvalue weighted by Crippen LogP contribution is 2.34. The van der Waals surface area contributed by atoms with E-state index in [-0.39, 0.29) is 0 Å². The summed E-state index contributed by atoms with van der Waals surface area (Å²) in [6.45, 7) is 2.33. The van der Waals surface area contributed by atoms with Gasteiger partial charge < -0.3 is 5.32 Å². The quantitative estimate of drug-likeness (QED) is 0.756. The molecule has 0 unspecified atom stereocenters. The molecule has 0 bridgehead atoms. The zero-order valence-electron chi connectivity index (χ0n) is 13.0. The third kappa shape index (κ3) is 2.51. The van der Waals surface area contributed by atoms with E-state index in [4.69, 9.17) is 4.98 Å². The molecule has 0 spiro atoms. The maximum atomic E-state index is 9.26. The minimum atomic E-state index is 0.471. The first-order valence-corrected chi connectivity index (χ1v) is 8.94. The van der Waals surface area contributed by atoms with Crippen molar-refractivity contribution >= 4 is 22.8 Å². The second kappa shape index (κ2) is 5.74. The van der Waals surface area contributed by atoms with Gasteiger partial charge in [-0.2, -0.15) is 5.26 Å². The molecular formula is C17H19N5S. The van der Waals surface area contributed by atoms with E-state index in [1.54, 1.807) is 17.5 Å². The molecule has 3 aromatic rings. The Hall–Kier alpha value is -2.26. The lowest BCUT2D eigenvalue weighted by Crippen LogP contribution is -2.26. The Bertz CT molecular complexity index is 844. The molecule has 23 heavy (non-hydrogen) atoms. The molecule has 2 N–H and O–H groups in total. The molecule has 1 fully saturated rings. The summed E-state index contributed by atoms with van der Waals surface area (Å²) in [6, 6.07) is 6.79. The lowest BCUT2D eigenvalue weighted by Gasteiger charge is -2.27. The van der Waals surface area contributed by atoms with Crippen LogP contribution in [0, 0.1) is 17.2 Å². The zero-order valence-corrected chi connectivity index (χ0v) is 13.9. The van der Waals surface area contributed by atoms with E-state index in [0.717, 1.165) is 22.3 Å². The summed E-state index contributed by atoms with van der Waals surface area (Å²) < 4.78 is 1.91. The summed E-state index contributed by atoms with van der Waals surface area (Å²) in [6.07, 6.45) is 6.62. The molecule has 3 aromatic heterocycles. The number of imidazole rings is 1. The second-order valence-electron chi connectivity index (χ2n) is 6.35. The minimum Gasteiger partial charge on any atom is -0.365 e. The van der Waals surface area contributed by atoms with Gasteiger partial charge in [0.1, 0.15) is 17.3 Å². The number of rotatable bonds is 3. The average molecular weight is 325 g/mol. The molecule has 3 heterocycles. The van der Waals surface area contributed by atoms with Crippen molar-refractivity contribution < 1.29 is 0 Å². The average Bonchev–Trinajstić information content (AvgIpc) is 3.26. The van der Waals surface area contributed by atoms with Gasteiger partial charge in [0.05, 0.1) is 4.88 Å². The molecule has 1 aliphatic carbocycles. The molecule has 0 saturated heterocycles. The van der Waals surface area contributed by atoms with Crippen LogP contribution in [0.15, 0.2) is 23.7 Å². The second-order valence-corrected chi connectivity index (χ2v) is 7.29. The van der Waals surface area contributed by atoms with Gasteiger partial charge in [0.2, 0.25) is 0 Å².